The molecule has 0 bridgehead atoms. The van der Waals surface area contributed by atoms with Crippen molar-refractivity contribution in [3.63, 3.8) is 0 Å². The van der Waals surface area contributed by atoms with Crippen LogP contribution >= 0.6 is 0 Å². The molecular weight excluding hydrogens is 631 g/mol. The fraction of sp³-hybridized carbons (Fsp3) is 0.0612. The minimum absolute atomic E-state index is 0.141. The normalized spacial score (nSPS) is 13.3. The van der Waals surface area contributed by atoms with E-state index in [0.29, 0.717) is 0 Å². The lowest BCUT2D eigenvalue weighted by Crippen LogP contribution is -2.15. The molecule has 52 heavy (non-hydrogen) atoms. The van der Waals surface area contributed by atoms with Crippen molar-refractivity contribution in [1.29, 1.82) is 0 Å². The summed E-state index contributed by atoms with van der Waals surface area (Å²) in [6.45, 7) is 4.75. The second-order valence-corrected chi connectivity index (χ2v) is 14.6. The van der Waals surface area contributed by atoms with Gasteiger partial charge in [-0.3, -0.25) is 9.97 Å². The molecular formula is C49H33N3. The summed E-state index contributed by atoms with van der Waals surface area (Å²) in [7, 11) is 0. The first-order valence-corrected chi connectivity index (χ1v) is 18.0. The molecule has 0 N–H and O–H groups in total. The monoisotopic (exact) mass is 663 g/mol. The van der Waals surface area contributed by atoms with Gasteiger partial charge in [-0.15, -0.1) is 0 Å². The van der Waals surface area contributed by atoms with Crippen LogP contribution in [0.2, 0.25) is 0 Å². The highest BCUT2D eigenvalue weighted by Gasteiger charge is 2.36. The average Bonchev–Trinajstić information content (AvgIpc) is 3.66. The van der Waals surface area contributed by atoms with Crippen LogP contribution in [0, 0.1) is 0 Å². The molecule has 0 spiro atoms. The number of nitrogens with zero attached hydrogens (tertiary/aromatic N) is 3. The van der Waals surface area contributed by atoms with Gasteiger partial charge in [0.15, 0.2) is 0 Å². The minimum atomic E-state index is -0.141. The number of hydrogen-bond acceptors (Lipinski definition) is 2. The van der Waals surface area contributed by atoms with Crippen LogP contribution in [-0.4, -0.2) is 14.5 Å². The van der Waals surface area contributed by atoms with E-state index >= 15 is 0 Å². The summed E-state index contributed by atoms with van der Waals surface area (Å²) in [5, 5.41) is 7.24. The largest absolute Gasteiger partial charge is 0.309 e. The van der Waals surface area contributed by atoms with Gasteiger partial charge in [-0.25, -0.2) is 0 Å². The highest BCUT2D eigenvalue weighted by atomic mass is 15.0. The first kappa shape index (κ1) is 29.2. The molecule has 0 atom stereocenters. The predicted octanol–water partition coefficient (Wildman–Crippen LogP) is 12.7. The average molecular weight is 664 g/mol. The van der Waals surface area contributed by atoms with Gasteiger partial charge in [-0.05, 0) is 91.7 Å². The molecule has 2 aromatic heterocycles. The molecule has 8 aromatic carbocycles. The van der Waals surface area contributed by atoms with Gasteiger partial charge >= 0.3 is 0 Å². The summed E-state index contributed by atoms with van der Waals surface area (Å²) in [6, 6.07) is 55.8. The van der Waals surface area contributed by atoms with Crippen LogP contribution in [0.15, 0.2) is 164 Å². The first-order valence-electron chi connectivity index (χ1n) is 18.0. The lowest BCUT2D eigenvalue weighted by Gasteiger charge is -2.23. The van der Waals surface area contributed by atoms with Crippen molar-refractivity contribution in [3.05, 3.63) is 175 Å². The van der Waals surface area contributed by atoms with Crippen molar-refractivity contribution in [3.8, 4) is 39.1 Å². The maximum Gasteiger partial charge on any atom is 0.0971 e. The third-order valence-electron chi connectivity index (χ3n) is 11.5. The van der Waals surface area contributed by atoms with E-state index in [1.165, 1.54) is 82.8 Å². The summed E-state index contributed by atoms with van der Waals surface area (Å²) in [6.07, 6.45) is 3.56. The Morgan fingerprint density at radius 3 is 1.54 bits per heavy atom. The van der Waals surface area contributed by atoms with E-state index < -0.39 is 0 Å². The van der Waals surface area contributed by atoms with Crippen LogP contribution < -0.4 is 0 Å². The quantitative estimate of drug-likeness (QED) is 0.176. The van der Waals surface area contributed by atoms with Crippen LogP contribution in [0.4, 0.5) is 0 Å². The van der Waals surface area contributed by atoms with Gasteiger partial charge < -0.3 is 4.57 Å². The number of aromatic nitrogens is 3. The summed E-state index contributed by atoms with van der Waals surface area (Å²) >= 11 is 0. The van der Waals surface area contributed by atoms with Crippen molar-refractivity contribution < 1.29 is 0 Å². The highest BCUT2D eigenvalue weighted by Crippen LogP contribution is 2.50. The van der Waals surface area contributed by atoms with Crippen LogP contribution in [-0.2, 0) is 5.41 Å². The Balaban J connectivity index is 0.962. The molecule has 0 unspecified atom stereocenters. The molecule has 0 aliphatic heterocycles. The van der Waals surface area contributed by atoms with Gasteiger partial charge in [0.05, 0.1) is 22.1 Å². The Morgan fingerprint density at radius 1 is 0.404 bits per heavy atom. The Kier molecular flexibility index (Phi) is 6.01. The number of benzene rings is 8. The lowest BCUT2D eigenvalue weighted by molar-refractivity contribution is 0.660. The second kappa shape index (κ2) is 10.7. The number of rotatable bonds is 3. The van der Waals surface area contributed by atoms with E-state index in [2.05, 4.69) is 170 Å². The molecule has 11 rings (SSSR count). The summed E-state index contributed by atoms with van der Waals surface area (Å²) in [4.78, 5) is 9.42. The summed E-state index contributed by atoms with van der Waals surface area (Å²) in [5.41, 5.74) is 15.7. The maximum atomic E-state index is 4.73. The zero-order valence-corrected chi connectivity index (χ0v) is 28.9. The van der Waals surface area contributed by atoms with Crippen molar-refractivity contribution in [2.75, 3.05) is 0 Å². The molecule has 0 amide bonds. The Morgan fingerprint density at radius 2 is 0.885 bits per heavy atom. The van der Waals surface area contributed by atoms with Gasteiger partial charge in [-0.1, -0.05) is 129 Å². The maximum absolute atomic E-state index is 4.73. The molecule has 10 aromatic rings. The fourth-order valence-electron chi connectivity index (χ4n) is 8.91. The lowest BCUT2D eigenvalue weighted by atomic mass is 9.81. The van der Waals surface area contributed by atoms with Crippen molar-refractivity contribution in [1.82, 2.24) is 14.5 Å². The van der Waals surface area contributed by atoms with E-state index in [1.54, 1.807) is 12.4 Å². The van der Waals surface area contributed by atoms with Gasteiger partial charge in [0.1, 0.15) is 0 Å². The van der Waals surface area contributed by atoms with Crippen molar-refractivity contribution in [2.24, 2.45) is 0 Å². The molecule has 0 fully saturated rings. The Labute approximate surface area is 301 Å². The summed E-state index contributed by atoms with van der Waals surface area (Å²) in [5.74, 6) is 0. The molecule has 2 heterocycles. The van der Waals surface area contributed by atoms with Crippen molar-refractivity contribution in [2.45, 2.75) is 19.3 Å². The smallest absolute Gasteiger partial charge is 0.0971 e. The van der Waals surface area contributed by atoms with Gasteiger partial charge in [0.25, 0.3) is 0 Å². The third-order valence-corrected chi connectivity index (χ3v) is 11.5. The zero-order chi connectivity index (χ0) is 34.6. The van der Waals surface area contributed by atoms with Gasteiger partial charge in [0, 0.05) is 45.0 Å². The molecule has 1 aliphatic carbocycles. The van der Waals surface area contributed by atoms with Crippen LogP contribution in [0.3, 0.4) is 0 Å². The zero-order valence-electron chi connectivity index (χ0n) is 28.9. The van der Waals surface area contributed by atoms with E-state index in [1.807, 2.05) is 0 Å². The molecule has 1 aliphatic rings. The van der Waals surface area contributed by atoms with E-state index in [9.17, 15) is 0 Å². The first-order chi connectivity index (χ1) is 25.5. The fourth-order valence-corrected chi connectivity index (χ4v) is 8.91. The van der Waals surface area contributed by atoms with E-state index in [0.717, 1.165) is 21.8 Å². The molecule has 3 heteroatoms. The Hall–Kier alpha value is -6.58. The van der Waals surface area contributed by atoms with Crippen LogP contribution in [0.5, 0.6) is 0 Å². The Bertz CT molecular complexity index is 3000. The van der Waals surface area contributed by atoms with Gasteiger partial charge in [0.2, 0.25) is 0 Å². The number of hydrogen-bond donors (Lipinski definition) is 0. The minimum Gasteiger partial charge on any atom is -0.309 e. The number of para-hydroxylation sites is 2. The molecule has 3 nitrogen and oxygen atoms in total. The van der Waals surface area contributed by atoms with E-state index in [4.69, 9.17) is 9.97 Å². The van der Waals surface area contributed by atoms with Crippen molar-refractivity contribution >= 4 is 54.4 Å². The summed E-state index contributed by atoms with van der Waals surface area (Å²) < 4.78 is 2.42. The van der Waals surface area contributed by atoms with E-state index in [-0.39, 0.29) is 5.41 Å². The predicted molar refractivity (Wildman–Crippen MR) is 217 cm³/mol. The molecule has 0 saturated heterocycles. The van der Waals surface area contributed by atoms with Crippen LogP contribution in [0.1, 0.15) is 25.0 Å². The SMILES string of the molecule is CC1(C)c2cc(-c3ccc(-c4ccc5c(c4)c4ccccc4c4nccnc54)cc3)ccc2-c2ccc(-n3c4ccccc4c4ccccc43)cc21. The molecule has 0 radical (unpaired) electrons. The standard InChI is InChI=1S/C49H33N3/c1-49(2)43-28-33(19-22-36(43)37-24-21-34(29-44(37)49)52-45-13-7-5-10-38(45)39-11-6-8-14-46(39)52)31-17-15-30(16-18-31)32-20-23-41-42(27-32)35-9-3-4-12-40(35)47-48(41)51-26-25-50-47/h3-29H,1-2H3. The third kappa shape index (κ3) is 4.08. The molecule has 0 saturated carbocycles. The molecule has 244 valence electrons. The van der Waals surface area contributed by atoms with Gasteiger partial charge in [-0.2, -0.15) is 0 Å². The number of fused-ring (bicyclic) bond motifs is 12. The topological polar surface area (TPSA) is 30.7 Å². The van der Waals surface area contributed by atoms with Crippen LogP contribution in [0.25, 0.3) is 93.5 Å². The second-order valence-electron chi connectivity index (χ2n) is 14.6. The highest BCUT2D eigenvalue weighted by molar-refractivity contribution is 6.23.